The Morgan fingerprint density at radius 3 is 2.43 bits per heavy atom. The molecule has 152 valence electrons. The molecule has 0 saturated carbocycles. The molecule has 0 atom stereocenters. The highest BCUT2D eigenvalue weighted by Crippen LogP contribution is 2.35. The summed E-state index contributed by atoms with van der Waals surface area (Å²) in [6.07, 6.45) is 2.42. The van der Waals surface area contributed by atoms with Crippen molar-refractivity contribution >= 4 is 34.8 Å². The second-order valence-corrected chi connectivity index (χ2v) is 8.13. The maximum Gasteiger partial charge on any atom is 0.163 e. The van der Waals surface area contributed by atoms with Crippen LogP contribution in [0.1, 0.15) is 24.0 Å². The summed E-state index contributed by atoms with van der Waals surface area (Å²) < 4.78 is 11.4. The van der Waals surface area contributed by atoms with Crippen LogP contribution in [0.5, 0.6) is 11.5 Å². The Balaban J connectivity index is 1.63. The largest absolute Gasteiger partial charge is 0.493 e. The highest BCUT2D eigenvalue weighted by atomic mass is 35.5. The molecule has 1 aliphatic rings. The van der Waals surface area contributed by atoms with Crippen molar-refractivity contribution in [2.45, 2.75) is 26.0 Å². The van der Waals surface area contributed by atoms with Gasteiger partial charge in [-0.1, -0.05) is 40.9 Å². The molecule has 0 amide bonds. The summed E-state index contributed by atoms with van der Waals surface area (Å²) in [5.74, 6) is 1.90. The molecule has 0 bridgehead atoms. The fourth-order valence-corrected chi connectivity index (χ4v) is 4.03. The van der Waals surface area contributed by atoms with Crippen LogP contribution in [0, 0.1) is 5.92 Å². The zero-order chi connectivity index (χ0) is 19.9. The summed E-state index contributed by atoms with van der Waals surface area (Å²) in [5.41, 5.74) is 1.72. The summed E-state index contributed by atoms with van der Waals surface area (Å²) in [5, 5.41) is 8.67. The van der Waals surface area contributed by atoms with Gasteiger partial charge in [-0.2, -0.15) is 0 Å². The maximum atomic E-state index is 6.49. The third kappa shape index (κ3) is 5.68. The Labute approximate surface area is 181 Å². The number of benzene rings is 2. The van der Waals surface area contributed by atoms with Crippen molar-refractivity contribution in [3.63, 3.8) is 0 Å². The lowest BCUT2D eigenvalue weighted by Gasteiger charge is -2.23. The summed E-state index contributed by atoms with van der Waals surface area (Å²) in [7, 11) is 1.62. The first-order valence-corrected chi connectivity index (χ1v) is 10.6. The van der Waals surface area contributed by atoms with E-state index >= 15 is 0 Å². The second kappa shape index (κ2) is 10.6. The zero-order valence-electron chi connectivity index (χ0n) is 15.9. The number of piperidine rings is 1. The number of ether oxygens (including phenoxy) is 2. The molecule has 7 heteroatoms. The number of hydrogen-bond donors (Lipinski definition) is 2. The third-order valence-electron chi connectivity index (χ3n) is 4.97. The van der Waals surface area contributed by atoms with Gasteiger partial charge in [0.05, 0.1) is 7.11 Å². The Morgan fingerprint density at radius 2 is 1.75 bits per heavy atom. The highest BCUT2D eigenvalue weighted by Gasteiger charge is 2.15. The first-order valence-electron chi connectivity index (χ1n) is 9.42. The van der Waals surface area contributed by atoms with E-state index in [0.29, 0.717) is 39.0 Å². The van der Waals surface area contributed by atoms with Crippen LogP contribution in [-0.2, 0) is 13.2 Å². The van der Waals surface area contributed by atoms with Crippen LogP contribution in [0.25, 0.3) is 0 Å². The molecule has 0 aliphatic carbocycles. The Morgan fingerprint density at radius 1 is 1.04 bits per heavy atom. The van der Waals surface area contributed by atoms with Crippen LogP contribution in [0.15, 0.2) is 30.3 Å². The molecule has 0 radical (unpaired) electrons. The molecule has 1 fully saturated rings. The molecular formula is C21H25Cl3N2O2. The van der Waals surface area contributed by atoms with Crippen molar-refractivity contribution in [1.82, 2.24) is 10.6 Å². The molecule has 28 heavy (non-hydrogen) atoms. The van der Waals surface area contributed by atoms with E-state index in [-0.39, 0.29) is 6.61 Å². The number of rotatable bonds is 8. The van der Waals surface area contributed by atoms with Gasteiger partial charge in [0.2, 0.25) is 0 Å². The topological polar surface area (TPSA) is 42.5 Å². The van der Waals surface area contributed by atoms with Crippen molar-refractivity contribution in [1.29, 1.82) is 0 Å². The van der Waals surface area contributed by atoms with E-state index < -0.39 is 0 Å². The molecule has 2 aromatic carbocycles. The van der Waals surface area contributed by atoms with E-state index in [4.69, 9.17) is 44.3 Å². The molecule has 0 spiro atoms. The van der Waals surface area contributed by atoms with Crippen molar-refractivity contribution in [2.24, 2.45) is 5.92 Å². The van der Waals surface area contributed by atoms with Crippen molar-refractivity contribution in [3.8, 4) is 11.5 Å². The minimum atomic E-state index is 0.235. The van der Waals surface area contributed by atoms with E-state index in [1.165, 1.54) is 12.8 Å². The fourth-order valence-electron chi connectivity index (χ4n) is 3.30. The van der Waals surface area contributed by atoms with E-state index in [0.717, 1.165) is 30.8 Å². The predicted octanol–water partition coefficient (Wildman–Crippen LogP) is 5.32. The molecule has 2 N–H and O–H groups in total. The minimum absolute atomic E-state index is 0.235. The summed E-state index contributed by atoms with van der Waals surface area (Å²) >= 11 is 18.9. The fraction of sp³-hybridized carbons (Fsp3) is 0.429. The average Bonchev–Trinajstić information content (AvgIpc) is 2.70. The van der Waals surface area contributed by atoms with Gasteiger partial charge in [-0.25, -0.2) is 0 Å². The molecular weight excluding hydrogens is 419 g/mol. The van der Waals surface area contributed by atoms with Crippen LogP contribution < -0.4 is 20.1 Å². The number of hydrogen-bond acceptors (Lipinski definition) is 4. The number of methoxy groups -OCH3 is 1. The number of halogens is 3. The normalized spacial score (nSPS) is 14.9. The average molecular weight is 444 g/mol. The Hall–Kier alpha value is -1.17. The lowest BCUT2D eigenvalue weighted by molar-refractivity contribution is 0.284. The smallest absolute Gasteiger partial charge is 0.163 e. The number of nitrogens with one attached hydrogen (secondary N) is 2. The van der Waals surface area contributed by atoms with Crippen LogP contribution in [-0.4, -0.2) is 26.7 Å². The van der Waals surface area contributed by atoms with E-state index in [2.05, 4.69) is 10.6 Å². The molecule has 1 heterocycles. The van der Waals surface area contributed by atoms with Crippen LogP contribution in [0.3, 0.4) is 0 Å². The van der Waals surface area contributed by atoms with Gasteiger partial charge >= 0.3 is 0 Å². The summed E-state index contributed by atoms with van der Waals surface area (Å²) in [4.78, 5) is 0. The Bertz CT molecular complexity index is 775. The first kappa shape index (κ1) is 21.5. The summed E-state index contributed by atoms with van der Waals surface area (Å²) in [6.45, 7) is 4.11. The maximum absolute atomic E-state index is 6.49. The molecule has 2 aromatic rings. The standard InChI is InChI=1S/C21H25Cl3N2O2/c1-27-20-9-15(12-26-11-14-5-7-25-8-6-14)19(24)10-21(20)28-13-16-17(22)3-2-4-18(16)23/h2-4,9-10,14,25-26H,5-8,11-13H2,1H3. The predicted molar refractivity (Wildman–Crippen MR) is 116 cm³/mol. The third-order valence-corrected chi connectivity index (χ3v) is 6.03. The monoisotopic (exact) mass is 442 g/mol. The molecule has 1 saturated heterocycles. The molecule has 1 aliphatic heterocycles. The molecule has 0 aromatic heterocycles. The first-order chi connectivity index (χ1) is 13.6. The van der Waals surface area contributed by atoms with Gasteiger partial charge in [0.15, 0.2) is 11.5 Å². The van der Waals surface area contributed by atoms with Crippen LogP contribution in [0.2, 0.25) is 15.1 Å². The molecule has 4 nitrogen and oxygen atoms in total. The second-order valence-electron chi connectivity index (χ2n) is 6.91. The van der Waals surface area contributed by atoms with E-state index in [9.17, 15) is 0 Å². The van der Waals surface area contributed by atoms with Crippen molar-refractivity contribution in [2.75, 3.05) is 26.7 Å². The van der Waals surface area contributed by atoms with Gasteiger partial charge in [-0.3, -0.25) is 0 Å². The van der Waals surface area contributed by atoms with E-state index in [1.807, 2.05) is 6.07 Å². The molecule has 3 rings (SSSR count). The van der Waals surface area contributed by atoms with E-state index in [1.54, 1.807) is 31.4 Å². The quantitative estimate of drug-likeness (QED) is 0.579. The van der Waals surface area contributed by atoms with Gasteiger partial charge in [0.1, 0.15) is 6.61 Å². The van der Waals surface area contributed by atoms with Crippen molar-refractivity contribution < 1.29 is 9.47 Å². The lowest BCUT2D eigenvalue weighted by Crippen LogP contribution is -2.33. The van der Waals surface area contributed by atoms with Gasteiger partial charge in [0.25, 0.3) is 0 Å². The lowest BCUT2D eigenvalue weighted by atomic mass is 9.98. The van der Waals surface area contributed by atoms with Crippen molar-refractivity contribution in [3.05, 3.63) is 56.5 Å². The SMILES string of the molecule is COc1cc(CNCC2CCNCC2)c(Cl)cc1OCc1c(Cl)cccc1Cl. The zero-order valence-corrected chi connectivity index (χ0v) is 18.1. The summed E-state index contributed by atoms with van der Waals surface area (Å²) in [6, 6.07) is 9.08. The molecule has 0 unspecified atom stereocenters. The van der Waals surface area contributed by atoms with Gasteiger partial charge in [-0.05, 0) is 62.2 Å². The van der Waals surface area contributed by atoms with Gasteiger partial charge < -0.3 is 20.1 Å². The minimum Gasteiger partial charge on any atom is -0.493 e. The van der Waals surface area contributed by atoms with Gasteiger partial charge in [-0.15, -0.1) is 0 Å². The Kier molecular flexibility index (Phi) is 8.12. The van der Waals surface area contributed by atoms with Gasteiger partial charge in [0, 0.05) is 33.2 Å². The van der Waals surface area contributed by atoms with Crippen LogP contribution in [0.4, 0.5) is 0 Å². The highest BCUT2D eigenvalue weighted by molar-refractivity contribution is 6.36. The van der Waals surface area contributed by atoms with Crippen LogP contribution >= 0.6 is 34.8 Å².